The van der Waals surface area contributed by atoms with Crippen LogP contribution < -0.4 is 15.4 Å². The van der Waals surface area contributed by atoms with Gasteiger partial charge in [-0.15, -0.1) is 0 Å². The second-order valence-electron chi connectivity index (χ2n) is 9.06. The van der Waals surface area contributed by atoms with Crippen molar-refractivity contribution in [3.05, 3.63) is 93.3 Å². The third-order valence-corrected chi connectivity index (χ3v) is 7.34. The molecule has 1 aliphatic heterocycles. The highest BCUT2D eigenvalue weighted by atomic mass is 32.1. The van der Waals surface area contributed by atoms with E-state index in [-0.39, 0.29) is 6.61 Å². The van der Waals surface area contributed by atoms with Crippen molar-refractivity contribution in [1.82, 2.24) is 10.6 Å². The molecule has 1 aliphatic carbocycles. The lowest BCUT2D eigenvalue weighted by atomic mass is 9.96. The van der Waals surface area contributed by atoms with Crippen LogP contribution in [0.25, 0.3) is 6.08 Å². The van der Waals surface area contributed by atoms with Crippen LogP contribution >= 0.6 is 11.3 Å². The van der Waals surface area contributed by atoms with E-state index in [9.17, 15) is 13.2 Å². The van der Waals surface area contributed by atoms with Gasteiger partial charge in [0.25, 0.3) is 0 Å². The zero-order chi connectivity index (χ0) is 23.5. The predicted molar refractivity (Wildman–Crippen MR) is 129 cm³/mol. The number of thiophene rings is 1. The SMILES string of the molecule is FC(F)(F)c1ccc(COc2cccc(CN/C(=C/c3ccsc3)[C@H]3N[C@@H]4CC[C@H]3C4)c2)cc1. The average Bonchev–Trinajstić information content (AvgIpc) is 3.59. The number of hydrogen-bond acceptors (Lipinski definition) is 4. The molecule has 2 N–H and O–H groups in total. The summed E-state index contributed by atoms with van der Waals surface area (Å²) in [5.41, 5.74) is 3.57. The van der Waals surface area contributed by atoms with Crippen molar-refractivity contribution >= 4 is 17.4 Å². The Kier molecular flexibility index (Phi) is 6.66. The van der Waals surface area contributed by atoms with Crippen LogP contribution in [0.4, 0.5) is 13.2 Å². The first-order chi connectivity index (χ1) is 16.4. The molecule has 1 saturated heterocycles. The minimum atomic E-state index is -4.33. The van der Waals surface area contributed by atoms with Gasteiger partial charge in [0, 0.05) is 18.3 Å². The van der Waals surface area contributed by atoms with E-state index < -0.39 is 11.7 Å². The Morgan fingerprint density at radius 1 is 1.09 bits per heavy atom. The Hall–Kier alpha value is -2.77. The molecule has 3 aromatic rings. The number of ether oxygens (including phenoxy) is 1. The molecule has 0 radical (unpaired) electrons. The maximum absolute atomic E-state index is 12.7. The molecule has 2 fully saturated rings. The number of fused-ring (bicyclic) bond motifs is 2. The van der Waals surface area contributed by atoms with Crippen molar-refractivity contribution in [2.75, 3.05) is 0 Å². The summed E-state index contributed by atoms with van der Waals surface area (Å²) in [5.74, 6) is 1.38. The van der Waals surface area contributed by atoms with Gasteiger partial charge in [0.1, 0.15) is 12.4 Å². The molecule has 2 bridgehead atoms. The second-order valence-corrected chi connectivity index (χ2v) is 9.84. The molecule has 3 atom stereocenters. The van der Waals surface area contributed by atoms with Gasteiger partial charge in [0.2, 0.25) is 0 Å². The largest absolute Gasteiger partial charge is 0.489 e. The lowest BCUT2D eigenvalue weighted by molar-refractivity contribution is -0.137. The monoisotopic (exact) mass is 484 g/mol. The van der Waals surface area contributed by atoms with Crippen LogP contribution in [-0.2, 0) is 19.3 Å². The van der Waals surface area contributed by atoms with E-state index >= 15 is 0 Å². The first kappa shape index (κ1) is 23.0. The molecule has 0 spiro atoms. The number of piperidine rings is 1. The Bertz CT molecular complexity index is 1130. The summed E-state index contributed by atoms with van der Waals surface area (Å²) in [7, 11) is 0. The molecule has 3 nitrogen and oxygen atoms in total. The van der Waals surface area contributed by atoms with E-state index in [1.54, 1.807) is 11.3 Å². The highest BCUT2D eigenvalue weighted by Gasteiger charge is 2.40. The zero-order valence-electron chi connectivity index (χ0n) is 18.6. The van der Waals surface area contributed by atoms with Gasteiger partial charge in [-0.1, -0.05) is 24.3 Å². The highest BCUT2D eigenvalue weighted by molar-refractivity contribution is 7.08. The van der Waals surface area contributed by atoms with Gasteiger partial charge in [-0.25, -0.2) is 0 Å². The predicted octanol–water partition coefficient (Wildman–Crippen LogP) is 6.62. The van der Waals surface area contributed by atoms with Crippen LogP contribution in [0.1, 0.15) is 41.5 Å². The zero-order valence-corrected chi connectivity index (χ0v) is 19.5. The Morgan fingerprint density at radius 3 is 2.62 bits per heavy atom. The lowest BCUT2D eigenvalue weighted by Crippen LogP contribution is -2.40. The van der Waals surface area contributed by atoms with Crippen LogP contribution in [0.2, 0.25) is 0 Å². The molecule has 34 heavy (non-hydrogen) atoms. The molecule has 1 aromatic heterocycles. The summed E-state index contributed by atoms with van der Waals surface area (Å²) in [6, 6.07) is 16.0. The smallest absolute Gasteiger partial charge is 0.416 e. The number of halogens is 3. The average molecular weight is 485 g/mol. The summed E-state index contributed by atoms with van der Waals surface area (Å²) in [6.07, 6.45) is 1.72. The van der Waals surface area contributed by atoms with E-state index in [0.29, 0.717) is 35.9 Å². The topological polar surface area (TPSA) is 33.3 Å². The fourth-order valence-corrected chi connectivity index (χ4v) is 5.52. The standard InChI is InChI=1S/C27H27F3N2OS/c28-27(29,30)22-7-4-18(5-8-22)16-33-24-3-1-2-19(12-24)15-31-25(13-20-10-11-34-17-20)26-21-6-9-23(14-21)32-26/h1-5,7-8,10-13,17,21,23,26,31-32H,6,9,14-16H2/b25-13+/t21-,23+,26-/m0/s1. The number of benzene rings is 2. The van der Waals surface area contributed by atoms with Gasteiger partial charge >= 0.3 is 6.18 Å². The van der Waals surface area contributed by atoms with Crippen molar-refractivity contribution in [3.63, 3.8) is 0 Å². The van der Waals surface area contributed by atoms with Crippen LogP contribution in [0.3, 0.4) is 0 Å². The van der Waals surface area contributed by atoms with E-state index in [1.807, 2.05) is 18.2 Å². The summed E-state index contributed by atoms with van der Waals surface area (Å²) in [6.45, 7) is 0.885. The molecular weight excluding hydrogens is 457 g/mol. The first-order valence-electron chi connectivity index (χ1n) is 11.6. The van der Waals surface area contributed by atoms with E-state index in [1.165, 1.54) is 42.7 Å². The summed E-state index contributed by atoms with van der Waals surface area (Å²) in [5, 5.41) is 11.7. The second kappa shape index (κ2) is 9.84. The first-order valence-corrected chi connectivity index (χ1v) is 12.5. The maximum Gasteiger partial charge on any atom is 0.416 e. The molecule has 2 aliphatic rings. The summed E-state index contributed by atoms with van der Waals surface area (Å²) in [4.78, 5) is 0. The quantitative estimate of drug-likeness (QED) is 0.377. The fraction of sp³-hybridized carbons (Fsp3) is 0.333. The molecule has 0 amide bonds. The van der Waals surface area contributed by atoms with E-state index in [2.05, 4.69) is 39.6 Å². The minimum absolute atomic E-state index is 0.216. The minimum Gasteiger partial charge on any atom is -0.489 e. The van der Waals surface area contributed by atoms with Crippen molar-refractivity contribution in [1.29, 1.82) is 0 Å². The normalized spacial score (nSPS) is 22.2. The van der Waals surface area contributed by atoms with Crippen LogP contribution in [0.5, 0.6) is 5.75 Å². The summed E-state index contributed by atoms with van der Waals surface area (Å²) < 4.78 is 44.1. The van der Waals surface area contributed by atoms with Crippen LogP contribution in [0.15, 0.2) is 71.1 Å². The van der Waals surface area contributed by atoms with Crippen molar-refractivity contribution in [2.45, 2.75) is 50.7 Å². The van der Waals surface area contributed by atoms with Crippen molar-refractivity contribution in [3.8, 4) is 5.75 Å². The van der Waals surface area contributed by atoms with Gasteiger partial charge in [-0.2, -0.15) is 24.5 Å². The third-order valence-electron chi connectivity index (χ3n) is 6.64. The molecule has 2 aromatic carbocycles. The van der Waals surface area contributed by atoms with Gasteiger partial charge in [0.05, 0.1) is 11.6 Å². The molecule has 7 heteroatoms. The van der Waals surface area contributed by atoms with Gasteiger partial charge < -0.3 is 15.4 Å². The summed E-state index contributed by atoms with van der Waals surface area (Å²) >= 11 is 1.70. The highest BCUT2D eigenvalue weighted by Crippen LogP contribution is 2.38. The maximum atomic E-state index is 12.7. The Labute approximate surface area is 201 Å². The molecular formula is C27H27F3N2OS. The van der Waals surface area contributed by atoms with Crippen LogP contribution in [-0.4, -0.2) is 12.1 Å². The van der Waals surface area contributed by atoms with Gasteiger partial charge in [0.15, 0.2) is 0 Å². The number of alkyl halides is 3. The number of rotatable bonds is 8. The molecule has 1 saturated carbocycles. The lowest BCUT2D eigenvalue weighted by Gasteiger charge is -2.27. The molecule has 178 valence electrons. The van der Waals surface area contributed by atoms with Crippen molar-refractivity contribution in [2.24, 2.45) is 5.92 Å². The molecule has 5 rings (SSSR count). The van der Waals surface area contributed by atoms with Crippen LogP contribution in [0, 0.1) is 5.92 Å². The van der Waals surface area contributed by atoms with Gasteiger partial charge in [-0.3, -0.25) is 0 Å². The third kappa shape index (κ3) is 5.47. The van der Waals surface area contributed by atoms with E-state index in [0.717, 1.165) is 17.7 Å². The number of nitrogens with one attached hydrogen (secondary N) is 2. The van der Waals surface area contributed by atoms with Gasteiger partial charge in [-0.05, 0) is 89.0 Å². The molecule has 2 heterocycles. The van der Waals surface area contributed by atoms with E-state index in [4.69, 9.17) is 4.74 Å². The molecule has 0 unspecified atom stereocenters. The fourth-order valence-electron chi connectivity index (χ4n) is 4.90. The Morgan fingerprint density at radius 2 is 1.94 bits per heavy atom. The number of hydrogen-bond donors (Lipinski definition) is 2. The van der Waals surface area contributed by atoms with Crippen molar-refractivity contribution < 1.29 is 17.9 Å². The Balaban J connectivity index is 1.22.